The summed E-state index contributed by atoms with van der Waals surface area (Å²) < 4.78 is 122. The van der Waals surface area contributed by atoms with E-state index in [2.05, 4.69) is 0 Å². The van der Waals surface area contributed by atoms with Gasteiger partial charge in [0.1, 0.15) is 29.0 Å². The van der Waals surface area contributed by atoms with Gasteiger partial charge in [0.2, 0.25) is 0 Å². The highest BCUT2D eigenvalue weighted by molar-refractivity contribution is 6.95. The zero-order chi connectivity index (χ0) is 23.2. The van der Waals surface area contributed by atoms with Crippen LogP contribution in [0.2, 0.25) is 0 Å². The van der Waals surface area contributed by atoms with Crippen molar-refractivity contribution in [3.8, 4) is 5.75 Å². The van der Waals surface area contributed by atoms with Crippen LogP contribution in [0.5, 0.6) is 5.75 Å². The minimum Gasteiger partial charge on any atom is -0.497 e. The van der Waals surface area contributed by atoms with E-state index in [9.17, 15) is 35.1 Å². The minimum atomic E-state index is -2.53. The van der Waals surface area contributed by atoms with Gasteiger partial charge in [0, 0.05) is 28.5 Å². The molecule has 3 rings (SSSR count). The van der Waals surface area contributed by atoms with Crippen LogP contribution in [0.3, 0.4) is 0 Å². The van der Waals surface area contributed by atoms with E-state index in [-0.39, 0.29) is 5.75 Å². The average Bonchev–Trinajstić information content (AvgIpc) is 2.69. The van der Waals surface area contributed by atoms with Crippen LogP contribution in [0.1, 0.15) is 11.1 Å². The number of aryl methyl sites for hydroxylation is 2. The van der Waals surface area contributed by atoms with E-state index in [1.54, 1.807) is 0 Å². The van der Waals surface area contributed by atoms with Crippen molar-refractivity contribution in [2.45, 2.75) is 13.8 Å². The van der Waals surface area contributed by atoms with Gasteiger partial charge in [-0.15, -0.1) is 0 Å². The van der Waals surface area contributed by atoms with Gasteiger partial charge in [-0.1, -0.05) is 0 Å². The van der Waals surface area contributed by atoms with Crippen molar-refractivity contribution >= 4 is 23.1 Å². The van der Waals surface area contributed by atoms with Gasteiger partial charge in [-0.3, -0.25) is 0 Å². The number of hydrogen-bond donors (Lipinski definition) is 0. The fourth-order valence-corrected chi connectivity index (χ4v) is 3.37. The van der Waals surface area contributed by atoms with E-state index >= 15 is 0 Å². The molecule has 0 aliphatic rings. The third kappa shape index (κ3) is 3.75. The van der Waals surface area contributed by atoms with E-state index in [1.807, 2.05) is 0 Å². The summed E-state index contributed by atoms with van der Waals surface area (Å²) in [5.41, 5.74) is -4.98. The minimum absolute atomic E-state index is 0.343. The summed E-state index contributed by atoms with van der Waals surface area (Å²) in [6.07, 6.45) is 0. The number of rotatable bonds is 4. The third-order valence-corrected chi connectivity index (χ3v) is 4.91. The summed E-state index contributed by atoms with van der Waals surface area (Å²) in [6.45, 7) is -0.501. The van der Waals surface area contributed by atoms with Crippen LogP contribution in [-0.2, 0) is 0 Å². The second kappa shape index (κ2) is 8.24. The maximum Gasteiger partial charge on any atom is 0.264 e. The van der Waals surface area contributed by atoms with E-state index in [1.165, 1.54) is 0 Å². The zero-order valence-electron chi connectivity index (χ0n) is 16.3. The molecule has 0 aliphatic heterocycles. The van der Waals surface area contributed by atoms with E-state index in [0.29, 0.717) is 24.3 Å². The first-order chi connectivity index (χ1) is 14.5. The Kier molecular flexibility index (Phi) is 6.02. The van der Waals surface area contributed by atoms with Crippen LogP contribution in [0.25, 0.3) is 0 Å². The lowest BCUT2D eigenvalue weighted by Gasteiger charge is -2.21. The van der Waals surface area contributed by atoms with Crippen molar-refractivity contribution in [2.75, 3.05) is 7.11 Å². The molecule has 0 unspecified atom stereocenters. The molecular weight excluding hydrogens is 431 g/mol. The molecule has 0 N–H and O–H groups in total. The Bertz CT molecular complexity index is 1110. The zero-order valence-corrected chi connectivity index (χ0v) is 16.3. The van der Waals surface area contributed by atoms with Gasteiger partial charge in [0.15, 0.2) is 23.3 Å². The second-order valence-corrected chi connectivity index (χ2v) is 6.87. The quantitative estimate of drug-likeness (QED) is 0.337. The maximum atomic E-state index is 14.8. The van der Waals surface area contributed by atoms with Crippen LogP contribution < -0.4 is 21.1 Å². The van der Waals surface area contributed by atoms with Crippen molar-refractivity contribution < 1.29 is 39.9 Å². The molecular formula is C21H13BF8O. The first-order valence-corrected chi connectivity index (χ1v) is 8.80. The Hall–Kier alpha value is -3.04. The van der Waals surface area contributed by atoms with Gasteiger partial charge in [-0.25, -0.2) is 35.1 Å². The first kappa shape index (κ1) is 22.6. The summed E-state index contributed by atoms with van der Waals surface area (Å²) in [5.74, 6) is -13.4. The summed E-state index contributed by atoms with van der Waals surface area (Å²) in [5, 5.41) is 0. The molecule has 1 nitrogen and oxygen atoms in total. The topological polar surface area (TPSA) is 9.23 Å². The molecule has 0 saturated carbocycles. The number of halogens is 8. The Morgan fingerprint density at radius 2 is 0.903 bits per heavy atom. The highest BCUT2D eigenvalue weighted by Crippen LogP contribution is 2.20. The summed E-state index contributed by atoms with van der Waals surface area (Å²) in [4.78, 5) is 0. The molecule has 0 saturated heterocycles. The molecule has 0 fully saturated rings. The second-order valence-electron chi connectivity index (χ2n) is 6.87. The molecule has 162 valence electrons. The molecule has 0 heterocycles. The highest BCUT2D eigenvalue weighted by Gasteiger charge is 2.39. The molecule has 31 heavy (non-hydrogen) atoms. The van der Waals surface area contributed by atoms with Crippen molar-refractivity contribution in [3.05, 3.63) is 81.9 Å². The Balaban J connectivity index is 2.51. The third-order valence-electron chi connectivity index (χ3n) is 4.91. The fourth-order valence-electron chi connectivity index (χ4n) is 3.37. The summed E-state index contributed by atoms with van der Waals surface area (Å²) in [6, 6.07) is 2.21. The van der Waals surface area contributed by atoms with Crippen molar-refractivity contribution in [2.24, 2.45) is 0 Å². The van der Waals surface area contributed by atoms with Crippen LogP contribution in [0.15, 0.2) is 24.3 Å². The lowest BCUT2D eigenvalue weighted by atomic mass is 9.36. The standard InChI is InChI=1S/C21H13BF8O/c1-8-4-11(23)16(20(29)18(8)27)22(15-13(25)6-10(31-3)7-14(15)26)17-12(24)5-9(2)19(28)21(17)30/h4-7H,1-3H3. The van der Waals surface area contributed by atoms with E-state index in [0.717, 1.165) is 21.0 Å². The fraction of sp³-hybridized carbons (Fsp3) is 0.143. The lowest BCUT2D eigenvalue weighted by molar-refractivity contribution is 0.407. The van der Waals surface area contributed by atoms with Gasteiger partial charge in [0.25, 0.3) is 6.71 Å². The molecule has 10 heteroatoms. The molecule has 0 atom stereocenters. The van der Waals surface area contributed by atoms with E-state index in [4.69, 9.17) is 4.74 Å². The molecule has 0 aromatic heterocycles. The Labute approximate surface area is 172 Å². The SMILES string of the molecule is COc1cc(F)c(B(c2c(F)cc(C)c(F)c2F)c2c(F)cc(C)c(F)c2F)c(F)c1. The van der Waals surface area contributed by atoms with Crippen LogP contribution in [0.4, 0.5) is 35.1 Å². The maximum absolute atomic E-state index is 14.8. The highest BCUT2D eigenvalue weighted by atomic mass is 19.2. The molecule has 0 amide bonds. The smallest absolute Gasteiger partial charge is 0.264 e. The predicted molar refractivity (Wildman–Crippen MR) is 99.7 cm³/mol. The van der Waals surface area contributed by atoms with Gasteiger partial charge < -0.3 is 4.74 Å². The number of ether oxygens (including phenoxy) is 1. The molecule has 0 aliphatic carbocycles. The van der Waals surface area contributed by atoms with Crippen molar-refractivity contribution in [1.29, 1.82) is 0 Å². The van der Waals surface area contributed by atoms with Gasteiger partial charge in [-0.2, -0.15) is 0 Å². The summed E-state index contributed by atoms with van der Waals surface area (Å²) in [7, 11) is 1.08. The van der Waals surface area contributed by atoms with E-state index < -0.39 is 80.8 Å². The predicted octanol–water partition coefficient (Wildman–Crippen LogP) is 3.94. The van der Waals surface area contributed by atoms with Gasteiger partial charge in [-0.05, 0) is 37.1 Å². The lowest BCUT2D eigenvalue weighted by Crippen LogP contribution is -2.59. The largest absolute Gasteiger partial charge is 0.497 e. The van der Waals surface area contributed by atoms with Crippen LogP contribution in [-0.4, -0.2) is 13.8 Å². The molecule has 0 radical (unpaired) electrons. The summed E-state index contributed by atoms with van der Waals surface area (Å²) >= 11 is 0. The molecule has 0 bridgehead atoms. The van der Waals surface area contributed by atoms with Gasteiger partial charge in [0.05, 0.1) is 7.11 Å². The van der Waals surface area contributed by atoms with Crippen LogP contribution in [0, 0.1) is 60.4 Å². The first-order valence-electron chi connectivity index (χ1n) is 8.80. The molecule has 0 spiro atoms. The van der Waals surface area contributed by atoms with Gasteiger partial charge >= 0.3 is 0 Å². The Morgan fingerprint density at radius 3 is 1.26 bits per heavy atom. The van der Waals surface area contributed by atoms with Crippen molar-refractivity contribution in [3.63, 3.8) is 0 Å². The van der Waals surface area contributed by atoms with Crippen LogP contribution >= 0.6 is 0 Å². The number of hydrogen-bond acceptors (Lipinski definition) is 1. The monoisotopic (exact) mass is 444 g/mol. The molecule has 3 aromatic rings. The molecule has 3 aromatic carbocycles. The number of methoxy groups -OCH3 is 1. The normalized spacial score (nSPS) is 11.1. The van der Waals surface area contributed by atoms with Crippen molar-refractivity contribution in [1.82, 2.24) is 0 Å². The Morgan fingerprint density at radius 1 is 0.548 bits per heavy atom. The number of benzene rings is 3. The average molecular weight is 444 g/mol.